The van der Waals surface area contributed by atoms with Gasteiger partial charge in [0, 0.05) is 18.0 Å². The zero-order valence-electron chi connectivity index (χ0n) is 13.9. The molecule has 0 spiro atoms. The van der Waals surface area contributed by atoms with Gasteiger partial charge in [0.2, 0.25) is 0 Å². The zero-order valence-corrected chi connectivity index (χ0v) is 13.9. The van der Waals surface area contributed by atoms with E-state index in [1.807, 2.05) is 24.3 Å². The maximum atomic E-state index is 13.8. The molecule has 0 saturated carbocycles. The molecule has 1 atom stereocenters. The molecule has 2 heterocycles. The summed E-state index contributed by atoms with van der Waals surface area (Å²) in [7, 11) is 0. The second-order valence-corrected chi connectivity index (χ2v) is 6.63. The van der Waals surface area contributed by atoms with Crippen LogP contribution in [0, 0.1) is 5.82 Å². The largest absolute Gasteiger partial charge is 0.440 e. The lowest BCUT2D eigenvalue weighted by molar-refractivity contribution is 0.0926. The van der Waals surface area contributed by atoms with Crippen molar-refractivity contribution >= 4 is 11.1 Å². The Morgan fingerprint density at radius 1 is 1.12 bits per heavy atom. The Bertz CT molecular complexity index is 823. The van der Waals surface area contributed by atoms with Gasteiger partial charge in [-0.15, -0.1) is 0 Å². The normalized spacial score (nSPS) is 17.8. The molecule has 2 aromatic carbocycles. The number of nitrogens with zero attached hydrogens (tertiary/aromatic N) is 2. The first kappa shape index (κ1) is 16.2. The maximum absolute atomic E-state index is 13.8. The van der Waals surface area contributed by atoms with E-state index in [-0.39, 0.29) is 5.82 Å². The Morgan fingerprint density at radius 2 is 1.84 bits per heavy atom. The Hall–Kier alpha value is -2.24. The molecule has 1 aromatic heterocycles. The standard InChI is InChI=1S/C20H21FN2O2/c21-16-6-2-1-5-15(16)18(24)13-23-11-9-14(10-12-23)20-22-17-7-3-4-8-19(17)25-20/h1-8,14,18,24H,9-13H2/t18-/m1/s1. The summed E-state index contributed by atoms with van der Waals surface area (Å²) in [5.74, 6) is 0.751. The Balaban J connectivity index is 1.37. The van der Waals surface area contributed by atoms with Crippen molar-refractivity contribution in [1.29, 1.82) is 0 Å². The van der Waals surface area contributed by atoms with E-state index in [9.17, 15) is 9.50 Å². The number of piperidine rings is 1. The highest BCUT2D eigenvalue weighted by atomic mass is 19.1. The number of fused-ring (bicyclic) bond motifs is 1. The first-order chi connectivity index (χ1) is 12.2. The van der Waals surface area contributed by atoms with Crippen LogP contribution in [0.5, 0.6) is 0 Å². The molecular weight excluding hydrogens is 319 g/mol. The van der Waals surface area contributed by atoms with Gasteiger partial charge in [0.25, 0.3) is 0 Å². The van der Waals surface area contributed by atoms with Crippen LogP contribution < -0.4 is 0 Å². The number of aliphatic hydroxyl groups is 1. The number of halogens is 1. The van der Waals surface area contributed by atoms with Gasteiger partial charge in [-0.2, -0.15) is 0 Å². The summed E-state index contributed by atoms with van der Waals surface area (Å²) in [6.07, 6.45) is 1.05. The van der Waals surface area contributed by atoms with E-state index in [1.54, 1.807) is 18.2 Å². The van der Waals surface area contributed by atoms with Crippen LogP contribution in [0.4, 0.5) is 4.39 Å². The second kappa shape index (κ2) is 6.94. The van der Waals surface area contributed by atoms with Gasteiger partial charge in [-0.3, -0.25) is 0 Å². The molecule has 1 aliphatic heterocycles. The molecule has 1 N–H and O–H groups in total. The van der Waals surface area contributed by atoms with E-state index in [1.165, 1.54) is 6.07 Å². The van der Waals surface area contributed by atoms with Crippen LogP contribution in [-0.4, -0.2) is 34.6 Å². The van der Waals surface area contributed by atoms with Gasteiger partial charge in [-0.25, -0.2) is 9.37 Å². The minimum absolute atomic E-state index is 0.300. The van der Waals surface area contributed by atoms with Gasteiger partial charge in [-0.05, 0) is 44.1 Å². The molecule has 4 nitrogen and oxygen atoms in total. The number of likely N-dealkylation sites (tertiary alicyclic amines) is 1. The summed E-state index contributed by atoms with van der Waals surface area (Å²) in [4.78, 5) is 6.77. The Kier molecular flexibility index (Phi) is 4.51. The molecule has 130 valence electrons. The van der Waals surface area contributed by atoms with Crippen LogP contribution >= 0.6 is 0 Å². The minimum Gasteiger partial charge on any atom is -0.440 e. The fraction of sp³-hybridized carbons (Fsp3) is 0.350. The lowest BCUT2D eigenvalue weighted by Gasteiger charge is -2.32. The third kappa shape index (κ3) is 3.43. The summed E-state index contributed by atoms with van der Waals surface area (Å²) < 4.78 is 19.7. The van der Waals surface area contributed by atoms with Crippen molar-refractivity contribution in [2.45, 2.75) is 24.9 Å². The van der Waals surface area contributed by atoms with Crippen LogP contribution in [0.25, 0.3) is 11.1 Å². The second-order valence-electron chi connectivity index (χ2n) is 6.63. The van der Waals surface area contributed by atoms with E-state index < -0.39 is 6.10 Å². The molecule has 25 heavy (non-hydrogen) atoms. The lowest BCUT2D eigenvalue weighted by Crippen LogP contribution is -2.36. The quantitative estimate of drug-likeness (QED) is 0.783. The molecule has 5 heteroatoms. The maximum Gasteiger partial charge on any atom is 0.198 e. The Morgan fingerprint density at radius 3 is 2.60 bits per heavy atom. The molecule has 0 radical (unpaired) electrons. The van der Waals surface area contributed by atoms with Crippen molar-refractivity contribution in [2.75, 3.05) is 19.6 Å². The topological polar surface area (TPSA) is 49.5 Å². The number of rotatable bonds is 4. The number of para-hydroxylation sites is 2. The van der Waals surface area contributed by atoms with Crippen molar-refractivity contribution in [2.24, 2.45) is 0 Å². The fourth-order valence-corrected chi connectivity index (χ4v) is 3.52. The highest BCUT2D eigenvalue weighted by Crippen LogP contribution is 2.30. The fourth-order valence-electron chi connectivity index (χ4n) is 3.52. The number of aromatic nitrogens is 1. The number of oxazole rings is 1. The van der Waals surface area contributed by atoms with E-state index in [2.05, 4.69) is 9.88 Å². The number of hydrogen-bond donors (Lipinski definition) is 1. The molecule has 1 aliphatic rings. The van der Waals surface area contributed by atoms with Gasteiger partial charge >= 0.3 is 0 Å². The van der Waals surface area contributed by atoms with Crippen molar-refractivity contribution in [3.05, 3.63) is 65.8 Å². The van der Waals surface area contributed by atoms with Crippen molar-refractivity contribution in [3.8, 4) is 0 Å². The Labute approximate surface area is 145 Å². The van der Waals surface area contributed by atoms with Crippen molar-refractivity contribution in [1.82, 2.24) is 9.88 Å². The summed E-state index contributed by atoms with van der Waals surface area (Å²) in [6.45, 7) is 2.13. The molecule has 0 amide bonds. The molecular formula is C20H21FN2O2. The lowest BCUT2D eigenvalue weighted by atomic mass is 9.96. The first-order valence-corrected chi connectivity index (χ1v) is 8.71. The SMILES string of the molecule is O[C@H](CN1CCC(c2nc3ccccc3o2)CC1)c1ccccc1F. The van der Waals surface area contributed by atoms with Gasteiger partial charge < -0.3 is 14.4 Å². The minimum atomic E-state index is -0.804. The molecule has 3 aromatic rings. The smallest absolute Gasteiger partial charge is 0.198 e. The average Bonchev–Trinajstić information content (AvgIpc) is 3.07. The van der Waals surface area contributed by atoms with Crippen molar-refractivity contribution < 1.29 is 13.9 Å². The molecule has 1 fully saturated rings. The van der Waals surface area contributed by atoms with Gasteiger partial charge in [0.15, 0.2) is 11.5 Å². The zero-order chi connectivity index (χ0) is 17.2. The van der Waals surface area contributed by atoms with Crippen LogP contribution in [0.1, 0.15) is 36.3 Å². The van der Waals surface area contributed by atoms with Crippen LogP contribution in [0.15, 0.2) is 52.9 Å². The van der Waals surface area contributed by atoms with Crippen molar-refractivity contribution in [3.63, 3.8) is 0 Å². The molecule has 4 rings (SSSR count). The average molecular weight is 340 g/mol. The molecule has 0 unspecified atom stereocenters. The highest BCUT2D eigenvalue weighted by Gasteiger charge is 2.26. The predicted molar refractivity (Wildman–Crippen MR) is 93.8 cm³/mol. The third-order valence-corrected chi connectivity index (χ3v) is 4.94. The number of benzene rings is 2. The number of aliphatic hydroxyl groups excluding tert-OH is 1. The molecule has 0 bridgehead atoms. The third-order valence-electron chi connectivity index (χ3n) is 4.94. The van der Waals surface area contributed by atoms with Gasteiger partial charge in [0.1, 0.15) is 11.3 Å². The van der Waals surface area contributed by atoms with Gasteiger partial charge in [-0.1, -0.05) is 30.3 Å². The van der Waals surface area contributed by atoms with Gasteiger partial charge in [0.05, 0.1) is 6.10 Å². The summed E-state index contributed by atoms with van der Waals surface area (Å²) >= 11 is 0. The summed E-state index contributed by atoms with van der Waals surface area (Å²) in [5.41, 5.74) is 2.09. The monoisotopic (exact) mass is 340 g/mol. The van der Waals surface area contributed by atoms with E-state index in [0.29, 0.717) is 18.0 Å². The van der Waals surface area contributed by atoms with Crippen LogP contribution in [-0.2, 0) is 0 Å². The first-order valence-electron chi connectivity index (χ1n) is 8.71. The molecule has 0 aliphatic carbocycles. The van der Waals surface area contributed by atoms with E-state index >= 15 is 0 Å². The number of hydrogen-bond acceptors (Lipinski definition) is 4. The summed E-state index contributed by atoms with van der Waals surface area (Å²) in [6, 6.07) is 14.2. The van der Waals surface area contributed by atoms with E-state index in [0.717, 1.165) is 42.9 Å². The molecule has 1 saturated heterocycles. The van der Waals surface area contributed by atoms with E-state index in [4.69, 9.17) is 4.42 Å². The van der Waals surface area contributed by atoms with Crippen LogP contribution in [0.3, 0.4) is 0 Å². The number of β-amino-alcohol motifs (C(OH)–C–C–N with tert-alkyl or cyclic N) is 1. The van der Waals surface area contributed by atoms with Crippen LogP contribution in [0.2, 0.25) is 0 Å². The summed E-state index contributed by atoms with van der Waals surface area (Å²) in [5, 5.41) is 10.3. The highest BCUT2D eigenvalue weighted by molar-refractivity contribution is 5.72. The predicted octanol–water partition coefficient (Wildman–Crippen LogP) is 3.88.